The lowest BCUT2D eigenvalue weighted by Crippen LogP contribution is -2.08. The summed E-state index contributed by atoms with van der Waals surface area (Å²) in [7, 11) is 0. The summed E-state index contributed by atoms with van der Waals surface area (Å²) in [5.41, 5.74) is -0.0400. The summed E-state index contributed by atoms with van der Waals surface area (Å²) in [6.07, 6.45) is -0.703. The van der Waals surface area contributed by atoms with Gasteiger partial charge in [0.25, 0.3) is 0 Å². The van der Waals surface area contributed by atoms with E-state index < -0.39 is 11.7 Å². The first-order valence-corrected chi connectivity index (χ1v) is 4.79. The maximum atomic E-state index is 12.5. The molecule has 0 aromatic heterocycles. The molecular weight excluding hydrogens is 201 g/mol. The van der Waals surface area contributed by atoms with E-state index in [2.05, 4.69) is 6.58 Å². The van der Waals surface area contributed by atoms with Crippen LogP contribution in [0, 0.1) is 0 Å². The lowest BCUT2D eigenvalue weighted by molar-refractivity contribution is -0.137. The molecule has 1 saturated carbocycles. The van der Waals surface area contributed by atoms with Gasteiger partial charge in [-0.25, -0.2) is 0 Å². The van der Waals surface area contributed by atoms with Crippen molar-refractivity contribution in [3.05, 3.63) is 48.0 Å². The number of alkyl halides is 3. The molecule has 2 rings (SSSR count). The van der Waals surface area contributed by atoms with E-state index in [4.69, 9.17) is 0 Å². The number of benzene rings is 1. The molecule has 0 bridgehead atoms. The second kappa shape index (κ2) is 3.12. The highest BCUT2D eigenvalue weighted by atomic mass is 19.4. The Hall–Kier alpha value is -1.25. The van der Waals surface area contributed by atoms with Crippen LogP contribution >= 0.6 is 0 Å². The van der Waals surface area contributed by atoms with Crippen LogP contribution in [0.5, 0.6) is 0 Å². The number of rotatable bonds is 2. The van der Waals surface area contributed by atoms with Gasteiger partial charge in [-0.2, -0.15) is 13.2 Å². The van der Waals surface area contributed by atoms with E-state index in [9.17, 15) is 13.2 Å². The van der Waals surface area contributed by atoms with Gasteiger partial charge in [0.1, 0.15) is 0 Å². The van der Waals surface area contributed by atoms with Crippen LogP contribution in [-0.4, -0.2) is 0 Å². The second-order valence-electron chi connectivity index (χ2n) is 3.94. The molecule has 0 heterocycles. The maximum Gasteiger partial charge on any atom is 0.416 e. The molecule has 0 saturated heterocycles. The minimum atomic E-state index is -4.26. The van der Waals surface area contributed by atoms with Crippen LogP contribution in [0.3, 0.4) is 0 Å². The van der Waals surface area contributed by atoms with Gasteiger partial charge in [0, 0.05) is 5.41 Å². The first-order chi connectivity index (χ1) is 6.98. The molecule has 0 unspecified atom stereocenters. The van der Waals surface area contributed by atoms with E-state index in [1.165, 1.54) is 12.1 Å². The highest BCUT2D eigenvalue weighted by Gasteiger charge is 2.42. The van der Waals surface area contributed by atoms with Gasteiger partial charge in [-0.05, 0) is 24.5 Å². The standard InChI is InChI=1S/C12H11F3/c1-2-11(6-7-11)9-4-3-5-10(8-9)12(13,14)15/h2-5,8H,1,6-7H2. The lowest BCUT2D eigenvalue weighted by Gasteiger charge is -2.13. The average Bonchev–Trinajstić information content (AvgIpc) is 2.97. The van der Waals surface area contributed by atoms with Crippen molar-refractivity contribution in [3.63, 3.8) is 0 Å². The van der Waals surface area contributed by atoms with Gasteiger partial charge in [0.05, 0.1) is 5.56 Å². The normalized spacial score (nSPS) is 18.6. The van der Waals surface area contributed by atoms with Gasteiger partial charge in [-0.15, -0.1) is 6.58 Å². The van der Waals surface area contributed by atoms with Crippen LogP contribution in [0.25, 0.3) is 0 Å². The van der Waals surface area contributed by atoms with Crippen molar-refractivity contribution >= 4 is 0 Å². The van der Waals surface area contributed by atoms with Crippen molar-refractivity contribution in [1.82, 2.24) is 0 Å². The molecular formula is C12H11F3. The number of hydrogen-bond donors (Lipinski definition) is 0. The van der Waals surface area contributed by atoms with E-state index in [0.717, 1.165) is 24.5 Å². The Balaban J connectivity index is 2.40. The van der Waals surface area contributed by atoms with Gasteiger partial charge in [0.15, 0.2) is 0 Å². The average molecular weight is 212 g/mol. The Morgan fingerprint density at radius 3 is 2.40 bits per heavy atom. The molecule has 15 heavy (non-hydrogen) atoms. The highest BCUT2D eigenvalue weighted by Crippen LogP contribution is 2.49. The summed E-state index contributed by atoms with van der Waals surface area (Å²) in [5.74, 6) is 0. The zero-order valence-electron chi connectivity index (χ0n) is 8.14. The van der Waals surface area contributed by atoms with Crippen molar-refractivity contribution in [1.29, 1.82) is 0 Å². The van der Waals surface area contributed by atoms with Gasteiger partial charge >= 0.3 is 6.18 Å². The quantitative estimate of drug-likeness (QED) is 0.652. The van der Waals surface area contributed by atoms with Crippen molar-refractivity contribution < 1.29 is 13.2 Å². The van der Waals surface area contributed by atoms with Gasteiger partial charge in [-0.3, -0.25) is 0 Å². The molecule has 1 aliphatic carbocycles. The summed E-state index contributed by atoms with van der Waals surface area (Å²) < 4.78 is 37.4. The third kappa shape index (κ3) is 1.78. The molecule has 0 aliphatic heterocycles. The zero-order valence-corrected chi connectivity index (χ0v) is 8.14. The first-order valence-electron chi connectivity index (χ1n) is 4.79. The summed E-state index contributed by atoms with van der Waals surface area (Å²) in [6, 6.07) is 5.53. The smallest absolute Gasteiger partial charge is 0.166 e. The SMILES string of the molecule is C=CC1(c2cccc(C(F)(F)F)c2)CC1. The first kappa shape index (κ1) is 10.3. The molecule has 0 nitrogen and oxygen atoms in total. The monoisotopic (exact) mass is 212 g/mol. The zero-order chi connectivity index (χ0) is 11.1. The fraction of sp³-hybridized carbons (Fsp3) is 0.333. The topological polar surface area (TPSA) is 0 Å². The van der Waals surface area contributed by atoms with E-state index in [1.54, 1.807) is 12.1 Å². The third-order valence-corrected chi connectivity index (χ3v) is 2.94. The molecule has 3 heteroatoms. The molecule has 1 fully saturated rings. The summed E-state index contributed by atoms with van der Waals surface area (Å²) in [6.45, 7) is 3.68. The summed E-state index contributed by atoms with van der Waals surface area (Å²) in [4.78, 5) is 0. The van der Waals surface area contributed by atoms with Crippen LogP contribution in [0.15, 0.2) is 36.9 Å². The van der Waals surface area contributed by atoms with E-state index >= 15 is 0 Å². The minimum absolute atomic E-state index is 0.193. The van der Waals surface area contributed by atoms with Crippen LogP contribution in [0.4, 0.5) is 13.2 Å². The summed E-state index contributed by atoms with van der Waals surface area (Å²) in [5, 5.41) is 0. The van der Waals surface area contributed by atoms with E-state index in [1.807, 2.05) is 0 Å². The van der Waals surface area contributed by atoms with Crippen molar-refractivity contribution in [2.24, 2.45) is 0 Å². The Morgan fingerprint density at radius 2 is 1.93 bits per heavy atom. The molecule has 1 aliphatic rings. The van der Waals surface area contributed by atoms with E-state index in [-0.39, 0.29) is 5.41 Å². The van der Waals surface area contributed by atoms with Crippen molar-refractivity contribution in [2.75, 3.05) is 0 Å². The Morgan fingerprint density at radius 1 is 1.27 bits per heavy atom. The Bertz CT molecular complexity index is 386. The third-order valence-electron chi connectivity index (χ3n) is 2.94. The van der Waals surface area contributed by atoms with Crippen LogP contribution in [-0.2, 0) is 11.6 Å². The fourth-order valence-corrected chi connectivity index (χ4v) is 1.75. The largest absolute Gasteiger partial charge is 0.416 e. The van der Waals surface area contributed by atoms with Gasteiger partial charge < -0.3 is 0 Å². The molecule has 0 atom stereocenters. The van der Waals surface area contributed by atoms with E-state index in [0.29, 0.717) is 0 Å². The predicted molar refractivity (Wildman–Crippen MR) is 52.6 cm³/mol. The maximum absolute atomic E-state index is 12.5. The molecule has 1 aromatic carbocycles. The highest BCUT2D eigenvalue weighted by molar-refractivity contribution is 5.39. The molecule has 1 aromatic rings. The van der Waals surface area contributed by atoms with Crippen molar-refractivity contribution in [2.45, 2.75) is 24.4 Å². The molecule has 0 spiro atoms. The minimum Gasteiger partial charge on any atom is -0.166 e. The van der Waals surface area contributed by atoms with Crippen LogP contribution < -0.4 is 0 Å². The number of allylic oxidation sites excluding steroid dienone is 1. The molecule has 0 amide bonds. The molecule has 0 radical (unpaired) electrons. The second-order valence-corrected chi connectivity index (χ2v) is 3.94. The van der Waals surface area contributed by atoms with Crippen molar-refractivity contribution in [3.8, 4) is 0 Å². The van der Waals surface area contributed by atoms with Gasteiger partial charge in [-0.1, -0.05) is 24.3 Å². The predicted octanol–water partition coefficient (Wildman–Crippen LogP) is 3.92. The van der Waals surface area contributed by atoms with Crippen LogP contribution in [0.2, 0.25) is 0 Å². The number of hydrogen-bond acceptors (Lipinski definition) is 0. The van der Waals surface area contributed by atoms with Crippen LogP contribution in [0.1, 0.15) is 24.0 Å². The molecule has 80 valence electrons. The Kier molecular flexibility index (Phi) is 2.14. The lowest BCUT2D eigenvalue weighted by atomic mass is 9.94. The Labute approximate surface area is 86.4 Å². The fourth-order valence-electron chi connectivity index (χ4n) is 1.75. The number of halogens is 3. The molecule has 0 N–H and O–H groups in total. The summed E-state index contributed by atoms with van der Waals surface area (Å²) >= 11 is 0. The van der Waals surface area contributed by atoms with Gasteiger partial charge in [0.2, 0.25) is 0 Å².